The van der Waals surface area contributed by atoms with E-state index in [1.165, 1.54) is 6.07 Å². The Morgan fingerprint density at radius 3 is 2.57 bits per heavy atom. The van der Waals surface area contributed by atoms with Gasteiger partial charge in [0.2, 0.25) is 5.95 Å². The number of aromatic nitrogens is 5. The minimum absolute atomic E-state index is 0.139. The molecule has 1 N–H and O–H groups in total. The molecule has 2 bridgehead atoms. The summed E-state index contributed by atoms with van der Waals surface area (Å²) in [4.78, 5) is 7.16. The summed E-state index contributed by atoms with van der Waals surface area (Å²) in [5, 5.41) is 16.5. The van der Waals surface area contributed by atoms with Gasteiger partial charge in [-0.1, -0.05) is 12.5 Å². The molecular formula is C25H28F3N7. The molecule has 10 heteroatoms. The number of hydrogen-bond acceptors (Lipinski definition) is 6. The van der Waals surface area contributed by atoms with Crippen LogP contribution in [0.25, 0.3) is 0 Å². The van der Waals surface area contributed by atoms with Gasteiger partial charge >= 0.3 is 0 Å². The molecular weight excluding hydrogens is 455 g/mol. The number of anilines is 2. The third kappa shape index (κ3) is 4.02. The molecule has 2 aliphatic heterocycles. The zero-order valence-corrected chi connectivity index (χ0v) is 19.6. The van der Waals surface area contributed by atoms with Gasteiger partial charge in [0.15, 0.2) is 17.5 Å². The molecule has 0 amide bonds. The predicted octanol–water partition coefficient (Wildman–Crippen LogP) is 4.44. The molecule has 6 rings (SSSR count). The molecule has 1 saturated heterocycles. The topological polar surface area (TPSA) is 71.8 Å². The van der Waals surface area contributed by atoms with Gasteiger partial charge in [0.1, 0.15) is 5.82 Å². The monoisotopic (exact) mass is 483 g/mol. The Labute approximate surface area is 201 Å². The largest absolute Gasteiger partial charge is 0.369 e. The second kappa shape index (κ2) is 8.80. The molecule has 2 aromatic heterocycles. The molecule has 4 atom stereocenters. The van der Waals surface area contributed by atoms with Crippen LogP contribution in [0.1, 0.15) is 55.1 Å². The van der Waals surface area contributed by atoms with Crippen molar-refractivity contribution in [1.29, 1.82) is 0 Å². The third-order valence-electron chi connectivity index (χ3n) is 7.82. The number of hydrogen-bond donors (Lipinski definition) is 1. The van der Waals surface area contributed by atoms with Crippen LogP contribution in [0.2, 0.25) is 0 Å². The van der Waals surface area contributed by atoms with Crippen molar-refractivity contribution in [1.82, 2.24) is 25.0 Å². The van der Waals surface area contributed by atoms with E-state index in [4.69, 9.17) is 10.1 Å². The number of halogens is 3. The molecule has 3 aromatic rings. The summed E-state index contributed by atoms with van der Waals surface area (Å²) in [5.41, 5.74) is 2.16. The summed E-state index contributed by atoms with van der Waals surface area (Å²) in [6, 6.07) is 4.66. The van der Waals surface area contributed by atoms with Gasteiger partial charge in [0.05, 0.1) is 17.6 Å². The van der Waals surface area contributed by atoms with Gasteiger partial charge in [-0.3, -0.25) is 0 Å². The highest BCUT2D eigenvalue weighted by Crippen LogP contribution is 2.40. The van der Waals surface area contributed by atoms with E-state index in [1.807, 2.05) is 17.8 Å². The summed E-state index contributed by atoms with van der Waals surface area (Å²) >= 11 is 0. The second-order valence-corrected chi connectivity index (χ2v) is 10.1. The Morgan fingerprint density at radius 2 is 1.80 bits per heavy atom. The Morgan fingerprint density at radius 1 is 1.00 bits per heavy atom. The Balaban J connectivity index is 1.24. The fourth-order valence-corrected chi connectivity index (χ4v) is 6.13. The number of rotatable bonds is 4. The van der Waals surface area contributed by atoms with Crippen molar-refractivity contribution in [2.75, 3.05) is 23.3 Å². The van der Waals surface area contributed by atoms with Crippen LogP contribution in [0.4, 0.5) is 24.8 Å². The van der Waals surface area contributed by atoms with Crippen LogP contribution in [0.5, 0.6) is 0 Å². The molecule has 1 aromatic carbocycles. The zero-order valence-electron chi connectivity index (χ0n) is 19.6. The molecule has 3 aliphatic rings. The van der Waals surface area contributed by atoms with E-state index in [2.05, 4.69) is 26.5 Å². The molecule has 1 saturated carbocycles. The van der Waals surface area contributed by atoms with Gasteiger partial charge < -0.3 is 10.2 Å². The van der Waals surface area contributed by atoms with Gasteiger partial charge in [0, 0.05) is 37.2 Å². The van der Waals surface area contributed by atoms with Crippen molar-refractivity contribution >= 4 is 11.6 Å². The number of fused-ring (bicyclic) bond motifs is 3. The van der Waals surface area contributed by atoms with E-state index in [0.29, 0.717) is 36.6 Å². The average molecular weight is 484 g/mol. The minimum Gasteiger partial charge on any atom is -0.369 e. The summed E-state index contributed by atoms with van der Waals surface area (Å²) in [5.74, 6) is -2.16. The number of piperidine rings is 1. The number of nitrogens with zero attached hydrogens (tertiary/aromatic N) is 6. The molecule has 1 unspecified atom stereocenters. The smallest absolute Gasteiger partial charge is 0.242 e. The molecule has 4 heterocycles. The van der Waals surface area contributed by atoms with Crippen LogP contribution in [0.15, 0.2) is 24.4 Å². The summed E-state index contributed by atoms with van der Waals surface area (Å²) in [6.07, 6.45) is 6.41. The van der Waals surface area contributed by atoms with Crippen LogP contribution in [-0.4, -0.2) is 44.1 Å². The number of nitrogens with one attached hydrogen (secondary N) is 1. The second-order valence-electron chi connectivity index (χ2n) is 10.1. The summed E-state index contributed by atoms with van der Waals surface area (Å²) in [6.45, 7) is 4.48. The number of aryl methyl sites for hydroxylation is 2. The summed E-state index contributed by atoms with van der Waals surface area (Å²) in [7, 11) is 0. The third-order valence-corrected chi connectivity index (χ3v) is 7.82. The van der Waals surface area contributed by atoms with Crippen LogP contribution in [-0.2, 0) is 6.54 Å². The molecule has 1 aliphatic carbocycles. The first-order valence-corrected chi connectivity index (χ1v) is 12.4. The highest BCUT2D eigenvalue weighted by atomic mass is 19.2. The van der Waals surface area contributed by atoms with Crippen molar-refractivity contribution in [3.05, 3.63) is 58.9 Å². The van der Waals surface area contributed by atoms with Gasteiger partial charge in [0.25, 0.3) is 0 Å². The summed E-state index contributed by atoms with van der Waals surface area (Å²) < 4.78 is 44.0. The fourth-order valence-electron chi connectivity index (χ4n) is 6.13. The lowest BCUT2D eigenvalue weighted by atomic mass is 9.92. The Bertz CT molecular complexity index is 1230. The van der Waals surface area contributed by atoms with E-state index < -0.39 is 23.4 Å². The molecule has 0 radical (unpaired) electrons. The van der Waals surface area contributed by atoms with Crippen LogP contribution in [0.3, 0.4) is 0 Å². The first-order valence-electron chi connectivity index (χ1n) is 12.4. The van der Waals surface area contributed by atoms with Gasteiger partial charge in [-0.05, 0) is 56.6 Å². The van der Waals surface area contributed by atoms with Crippen molar-refractivity contribution in [3.8, 4) is 0 Å². The zero-order chi connectivity index (χ0) is 24.1. The van der Waals surface area contributed by atoms with Crippen molar-refractivity contribution in [3.63, 3.8) is 0 Å². The van der Waals surface area contributed by atoms with E-state index in [-0.39, 0.29) is 11.6 Å². The lowest BCUT2D eigenvalue weighted by molar-refractivity contribution is 0.376. The Kier molecular flexibility index (Phi) is 5.61. The standard InChI is InChI=1S/C25H28F3N7/c1-14-10-17(11-29-32-14)34-12-15-5-6-16(13-34)23(15)30-25-31-24-19(4-2-3-9-35(24)33-25)18-7-8-20(26)22(28)21(18)27/h7-8,10-11,15-16,19,23H,2-6,9,12-13H2,1H3,(H,30,33)/t15-,16+,19?,23-. The first kappa shape index (κ1) is 22.3. The first-order chi connectivity index (χ1) is 17.0. The molecule has 2 fully saturated rings. The highest BCUT2D eigenvalue weighted by Gasteiger charge is 2.43. The normalized spacial score (nSPS) is 25.9. The van der Waals surface area contributed by atoms with Crippen LogP contribution < -0.4 is 10.2 Å². The maximum Gasteiger partial charge on any atom is 0.242 e. The van der Waals surface area contributed by atoms with Crippen LogP contribution >= 0.6 is 0 Å². The maximum absolute atomic E-state index is 14.7. The fraction of sp³-hybridized carbons (Fsp3) is 0.520. The molecule has 35 heavy (non-hydrogen) atoms. The minimum atomic E-state index is -1.43. The highest BCUT2D eigenvalue weighted by molar-refractivity contribution is 5.46. The number of benzene rings is 1. The van der Waals surface area contributed by atoms with Gasteiger partial charge in [-0.15, -0.1) is 5.10 Å². The molecule has 7 nitrogen and oxygen atoms in total. The van der Waals surface area contributed by atoms with Gasteiger partial charge in [-0.2, -0.15) is 15.2 Å². The molecule has 184 valence electrons. The van der Waals surface area contributed by atoms with Crippen molar-refractivity contribution in [2.24, 2.45) is 11.8 Å². The lowest BCUT2D eigenvalue weighted by Gasteiger charge is -2.39. The lowest BCUT2D eigenvalue weighted by Crippen LogP contribution is -2.48. The van der Waals surface area contributed by atoms with E-state index in [9.17, 15) is 13.2 Å². The average Bonchev–Trinajstić information content (AvgIpc) is 3.25. The maximum atomic E-state index is 14.7. The quantitative estimate of drug-likeness (QED) is 0.554. The van der Waals surface area contributed by atoms with Gasteiger partial charge in [-0.25, -0.2) is 17.9 Å². The predicted molar refractivity (Wildman–Crippen MR) is 125 cm³/mol. The van der Waals surface area contributed by atoms with E-state index in [1.54, 1.807) is 0 Å². The SMILES string of the molecule is Cc1cc(N2C[C@H]3CC[C@@H](C2)[C@@H]3Nc2nc3n(n2)CCCCC3c2ccc(F)c(F)c2F)cnn1. The van der Waals surface area contributed by atoms with Crippen molar-refractivity contribution < 1.29 is 13.2 Å². The Hall–Kier alpha value is -3.17. The molecule has 0 spiro atoms. The van der Waals surface area contributed by atoms with Crippen molar-refractivity contribution in [2.45, 2.75) is 57.5 Å². The van der Waals surface area contributed by atoms with E-state index >= 15 is 0 Å². The van der Waals surface area contributed by atoms with E-state index in [0.717, 1.165) is 56.2 Å². The van der Waals surface area contributed by atoms with Crippen LogP contribution in [0, 0.1) is 36.2 Å².